The smallest absolute Gasteiger partial charge is 0.219 e. The van der Waals surface area contributed by atoms with Crippen LogP contribution in [0.1, 0.15) is 31.9 Å². The molecule has 1 fully saturated rings. The Morgan fingerprint density at radius 3 is 2.66 bits per heavy atom. The summed E-state index contributed by atoms with van der Waals surface area (Å²) in [6.07, 6.45) is 5.81. The number of benzene rings is 2. The number of hydrogen-bond donors (Lipinski definition) is 1. The number of aromatic nitrogens is 3. The van der Waals surface area contributed by atoms with Gasteiger partial charge in [0.25, 0.3) is 0 Å². The van der Waals surface area contributed by atoms with E-state index in [2.05, 4.69) is 57.4 Å². The van der Waals surface area contributed by atoms with Gasteiger partial charge in [0.15, 0.2) is 5.65 Å². The fourth-order valence-corrected chi connectivity index (χ4v) is 5.10. The lowest BCUT2D eigenvalue weighted by molar-refractivity contribution is -0.130. The number of nitrogen functional groups attached to an aromatic ring is 1. The highest BCUT2D eigenvalue weighted by atomic mass is 79.9. The topological polar surface area (TPSA) is 76.5 Å². The number of carbonyl (C=O) groups excluding carboxylic acids is 1. The summed E-state index contributed by atoms with van der Waals surface area (Å²) in [6.45, 7) is 3.35. The molecular weight excluding hydrogens is 466 g/mol. The average molecular weight is 492 g/mol. The fourth-order valence-electron chi connectivity index (χ4n) is 4.65. The number of anilines is 1. The third kappa shape index (κ3) is 3.86. The van der Waals surface area contributed by atoms with Crippen molar-refractivity contribution >= 4 is 44.1 Å². The molecule has 6 nitrogen and oxygen atoms in total. The number of aryl methyl sites for hydroxylation is 1. The first-order valence-corrected chi connectivity index (χ1v) is 11.9. The predicted molar refractivity (Wildman–Crippen MR) is 131 cm³/mol. The summed E-state index contributed by atoms with van der Waals surface area (Å²) < 4.78 is 2.53. The molecule has 0 atom stereocenters. The number of hydrogen-bond acceptors (Lipinski definition) is 4. The number of amides is 1. The first-order chi connectivity index (χ1) is 15.5. The van der Waals surface area contributed by atoms with Crippen molar-refractivity contribution in [3.63, 3.8) is 0 Å². The lowest BCUT2D eigenvalue weighted by atomic mass is 9.91. The van der Waals surface area contributed by atoms with Crippen LogP contribution >= 0.6 is 15.9 Å². The van der Waals surface area contributed by atoms with Gasteiger partial charge >= 0.3 is 0 Å². The fraction of sp³-hybridized carbons (Fsp3) is 0.320. The highest BCUT2D eigenvalue weighted by molar-refractivity contribution is 9.10. The summed E-state index contributed by atoms with van der Waals surface area (Å²) in [5.74, 6) is 1.35. The number of carbonyl (C=O) groups is 1. The van der Waals surface area contributed by atoms with Gasteiger partial charge in [-0.1, -0.05) is 36.4 Å². The Kier molecular flexibility index (Phi) is 5.59. The summed E-state index contributed by atoms with van der Waals surface area (Å²) >= 11 is 3.65. The van der Waals surface area contributed by atoms with Crippen molar-refractivity contribution < 1.29 is 4.79 Å². The van der Waals surface area contributed by atoms with E-state index in [-0.39, 0.29) is 5.91 Å². The van der Waals surface area contributed by atoms with Crippen molar-refractivity contribution in [1.29, 1.82) is 0 Å². The molecular formula is C25H26BrN5O. The summed E-state index contributed by atoms with van der Waals surface area (Å²) in [6, 6.07) is 14.7. The molecule has 5 rings (SSSR count). The largest absolute Gasteiger partial charge is 0.383 e. The molecule has 3 heterocycles. The molecule has 0 saturated carbocycles. The second-order valence-corrected chi connectivity index (χ2v) is 9.39. The molecule has 7 heteroatoms. The Labute approximate surface area is 195 Å². The minimum Gasteiger partial charge on any atom is -0.383 e. The SMILES string of the molecule is CC(=O)N1CCC(CCc2nc3c(-c4ccc5ccccc5c4)cnn3c(N)c2Br)CC1. The maximum absolute atomic E-state index is 11.6. The molecule has 0 unspecified atom stereocenters. The number of nitrogens with two attached hydrogens (primary N) is 1. The summed E-state index contributed by atoms with van der Waals surface area (Å²) in [7, 11) is 0. The Bertz CT molecular complexity index is 1310. The molecule has 32 heavy (non-hydrogen) atoms. The van der Waals surface area contributed by atoms with E-state index in [1.165, 1.54) is 10.8 Å². The zero-order chi connectivity index (χ0) is 22.2. The van der Waals surface area contributed by atoms with Crippen LogP contribution in [0.2, 0.25) is 0 Å². The quantitative estimate of drug-likeness (QED) is 0.431. The van der Waals surface area contributed by atoms with Crippen LogP contribution in [0.4, 0.5) is 5.82 Å². The molecule has 0 radical (unpaired) electrons. The van der Waals surface area contributed by atoms with Gasteiger partial charge in [0.05, 0.1) is 16.4 Å². The Morgan fingerprint density at radius 1 is 1.16 bits per heavy atom. The maximum Gasteiger partial charge on any atom is 0.219 e. The van der Waals surface area contributed by atoms with Gasteiger partial charge in [0, 0.05) is 25.6 Å². The van der Waals surface area contributed by atoms with Crippen molar-refractivity contribution in [3.8, 4) is 11.1 Å². The van der Waals surface area contributed by atoms with Crippen molar-refractivity contribution in [1.82, 2.24) is 19.5 Å². The van der Waals surface area contributed by atoms with E-state index >= 15 is 0 Å². The van der Waals surface area contributed by atoms with Crippen LogP contribution < -0.4 is 5.73 Å². The number of nitrogens with zero attached hydrogens (tertiary/aromatic N) is 4. The van der Waals surface area contributed by atoms with Gasteiger partial charge in [-0.25, -0.2) is 4.98 Å². The maximum atomic E-state index is 11.6. The second kappa shape index (κ2) is 8.54. The van der Waals surface area contributed by atoms with Gasteiger partial charge < -0.3 is 10.6 Å². The lowest BCUT2D eigenvalue weighted by Crippen LogP contribution is -2.37. The molecule has 2 aromatic heterocycles. The molecule has 0 aliphatic carbocycles. The molecule has 2 aromatic carbocycles. The average Bonchev–Trinajstić information content (AvgIpc) is 3.24. The van der Waals surface area contributed by atoms with Crippen molar-refractivity contribution in [3.05, 3.63) is 58.8 Å². The Morgan fingerprint density at radius 2 is 1.91 bits per heavy atom. The summed E-state index contributed by atoms with van der Waals surface area (Å²) in [5, 5.41) is 6.91. The van der Waals surface area contributed by atoms with Crippen LogP contribution in [0.15, 0.2) is 53.1 Å². The van der Waals surface area contributed by atoms with E-state index < -0.39 is 0 Å². The van der Waals surface area contributed by atoms with Crippen molar-refractivity contribution in [2.75, 3.05) is 18.8 Å². The molecule has 4 aromatic rings. The molecule has 1 saturated heterocycles. The Hall–Kier alpha value is -2.93. The molecule has 1 aliphatic rings. The van der Waals surface area contributed by atoms with Crippen molar-refractivity contribution in [2.24, 2.45) is 5.92 Å². The zero-order valence-electron chi connectivity index (χ0n) is 18.1. The minimum atomic E-state index is 0.174. The Balaban J connectivity index is 1.43. The summed E-state index contributed by atoms with van der Waals surface area (Å²) in [5.41, 5.74) is 10.2. The highest BCUT2D eigenvalue weighted by Gasteiger charge is 2.22. The molecule has 0 bridgehead atoms. The van der Waals surface area contributed by atoms with Gasteiger partial charge in [-0.15, -0.1) is 0 Å². The second-order valence-electron chi connectivity index (χ2n) is 8.60. The summed E-state index contributed by atoms with van der Waals surface area (Å²) in [4.78, 5) is 18.5. The van der Waals surface area contributed by atoms with Gasteiger partial charge in [0.1, 0.15) is 5.82 Å². The van der Waals surface area contributed by atoms with E-state index in [1.54, 1.807) is 11.4 Å². The van der Waals surface area contributed by atoms with Gasteiger partial charge in [-0.2, -0.15) is 9.61 Å². The lowest BCUT2D eigenvalue weighted by Gasteiger charge is -2.31. The van der Waals surface area contributed by atoms with Crippen LogP contribution in [0.3, 0.4) is 0 Å². The van der Waals surface area contributed by atoms with Crippen LogP contribution in [0.25, 0.3) is 27.5 Å². The standard InChI is InChI=1S/C25H26BrN5O/c1-16(32)30-12-10-17(11-13-30)6-9-22-23(26)24(27)31-25(29-22)21(15-28-31)20-8-7-18-4-2-3-5-19(18)14-20/h2-5,7-8,14-15,17H,6,9-13,27H2,1H3. The molecule has 164 valence electrons. The van der Waals surface area contributed by atoms with Gasteiger partial charge in [0.2, 0.25) is 5.91 Å². The number of halogens is 1. The highest BCUT2D eigenvalue weighted by Crippen LogP contribution is 2.32. The monoisotopic (exact) mass is 491 g/mol. The predicted octanol–water partition coefficient (Wildman–Crippen LogP) is 5.09. The van der Waals surface area contributed by atoms with Gasteiger partial charge in [-0.05, 0) is 69.9 Å². The number of piperidine rings is 1. The van der Waals surface area contributed by atoms with E-state index in [1.807, 2.05) is 17.2 Å². The third-order valence-electron chi connectivity index (χ3n) is 6.60. The number of rotatable bonds is 4. The van der Waals surface area contributed by atoms with Crippen LogP contribution in [0.5, 0.6) is 0 Å². The van der Waals surface area contributed by atoms with E-state index in [4.69, 9.17) is 10.7 Å². The van der Waals surface area contributed by atoms with Crippen molar-refractivity contribution in [2.45, 2.75) is 32.6 Å². The normalized spacial score (nSPS) is 15.0. The van der Waals surface area contributed by atoms with Crippen LogP contribution in [-0.2, 0) is 11.2 Å². The molecule has 2 N–H and O–H groups in total. The number of fused-ring (bicyclic) bond motifs is 2. The molecule has 1 amide bonds. The first-order valence-electron chi connectivity index (χ1n) is 11.1. The third-order valence-corrected chi connectivity index (χ3v) is 7.46. The van der Waals surface area contributed by atoms with E-state index in [9.17, 15) is 4.79 Å². The first kappa shape index (κ1) is 20.9. The van der Waals surface area contributed by atoms with Crippen LogP contribution in [-0.4, -0.2) is 38.5 Å². The van der Waals surface area contributed by atoms with E-state index in [0.717, 1.165) is 65.7 Å². The minimum absolute atomic E-state index is 0.174. The van der Waals surface area contributed by atoms with Crippen LogP contribution in [0, 0.1) is 5.92 Å². The molecule has 0 spiro atoms. The zero-order valence-corrected chi connectivity index (χ0v) is 19.7. The molecule has 1 aliphatic heterocycles. The van der Waals surface area contributed by atoms with E-state index in [0.29, 0.717) is 11.7 Å². The number of likely N-dealkylation sites (tertiary alicyclic amines) is 1. The van der Waals surface area contributed by atoms with Gasteiger partial charge in [-0.3, -0.25) is 4.79 Å².